The first kappa shape index (κ1) is 19.8. The van der Waals surface area contributed by atoms with Crippen LogP contribution in [0.4, 0.5) is 0 Å². The Morgan fingerprint density at radius 2 is 1.63 bits per heavy atom. The zero-order valence-electron chi connectivity index (χ0n) is 16.3. The predicted octanol–water partition coefficient (Wildman–Crippen LogP) is 5.24. The standard InChI is InChI=1S/C24H20N4OS/c1-2-17-28-23(20-13-15-25-16-14-20)26-27-24(28)30-22(19-11-7-4-8-12-19)21(29)18-9-5-3-6-10-18/h2-16,22H,1,17H2/t22-/m0/s1. The van der Waals surface area contributed by atoms with Crippen LogP contribution in [0.1, 0.15) is 21.2 Å². The number of pyridine rings is 1. The quantitative estimate of drug-likeness (QED) is 0.225. The summed E-state index contributed by atoms with van der Waals surface area (Å²) in [5.41, 5.74) is 2.51. The van der Waals surface area contributed by atoms with Gasteiger partial charge < -0.3 is 0 Å². The van der Waals surface area contributed by atoms with Crippen LogP contribution in [0, 0.1) is 0 Å². The van der Waals surface area contributed by atoms with E-state index in [2.05, 4.69) is 21.8 Å². The van der Waals surface area contributed by atoms with Crippen LogP contribution in [-0.2, 0) is 6.54 Å². The van der Waals surface area contributed by atoms with E-state index < -0.39 is 5.25 Å². The Bertz CT molecular complexity index is 1130. The van der Waals surface area contributed by atoms with Crippen LogP contribution >= 0.6 is 11.8 Å². The maximum atomic E-state index is 13.4. The average Bonchev–Trinajstić information content (AvgIpc) is 3.21. The van der Waals surface area contributed by atoms with E-state index in [0.717, 1.165) is 17.0 Å². The number of benzene rings is 2. The van der Waals surface area contributed by atoms with Gasteiger partial charge in [-0.2, -0.15) is 0 Å². The number of ketones is 1. The molecule has 0 bridgehead atoms. The van der Waals surface area contributed by atoms with Crippen molar-refractivity contribution < 1.29 is 4.79 Å². The van der Waals surface area contributed by atoms with Gasteiger partial charge in [-0.1, -0.05) is 78.5 Å². The Kier molecular flexibility index (Phi) is 6.15. The number of allylic oxidation sites excluding steroid dienone is 1. The lowest BCUT2D eigenvalue weighted by Crippen LogP contribution is -2.11. The molecule has 0 amide bonds. The van der Waals surface area contributed by atoms with Gasteiger partial charge >= 0.3 is 0 Å². The summed E-state index contributed by atoms with van der Waals surface area (Å²) in [6.45, 7) is 4.40. The zero-order valence-corrected chi connectivity index (χ0v) is 17.1. The Labute approximate surface area is 179 Å². The molecule has 0 radical (unpaired) electrons. The van der Waals surface area contributed by atoms with Crippen molar-refractivity contribution in [2.45, 2.75) is 17.0 Å². The van der Waals surface area contributed by atoms with Crippen LogP contribution in [0.3, 0.4) is 0 Å². The van der Waals surface area contributed by atoms with Gasteiger partial charge in [0.15, 0.2) is 16.8 Å². The molecular weight excluding hydrogens is 392 g/mol. The molecule has 0 aliphatic rings. The van der Waals surface area contributed by atoms with Crippen LogP contribution in [-0.4, -0.2) is 25.5 Å². The van der Waals surface area contributed by atoms with Crippen LogP contribution in [0.5, 0.6) is 0 Å². The van der Waals surface area contributed by atoms with Crippen LogP contribution in [0.15, 0.2) is 103 Å². The molecule has 0 saturated carbocycles. The summed E-state index contributed by atoms with van der Waals surface area (Å²) in [5.74, 6) is 0.754. The fourth-order valence-corrected chi connectivity index (χ4v) is 4.27. The molecular formula is C24H20N4OS. The van der Waals surface area contributed by atoms with E-state index in [-0.39, 0.29) is 5.78 Å². The summed E-state index contributed by atoms with van der Waals surface area (Å²) < 4.78 is 1.97. The van der Waals surface area contributed by atoms with E-state index in [0.29, 0.717) is 17.3 Å². The SMILES string of the molecule is C=CCn1c(S[C@H](C(=O)c2ccccc2)c2ccccc2)nnc1-c1ccncc1. The number of carbonyl (C=O) groups is 1. The zero-order chi connectivity index (χ0) is 20.8. The lowest BCUT2D eigenvalue weighted by atomic mass is 10.0. The van der Waals surface area contributed by atoms with Gasteiger partial charge in [-0.25, -0.2) is 0 Å². The number of hydrogen-bond donors (Lipinski definition) is 0. The van der Waals surface area contributed by atoms with Crippen molar-refractivity contribution in [3.05, 3.63) is 109 Å². The number of hydrogen-bond acceptors (Lipinski definition) is 5. The van der Waals surface area contributed by atoms with Gasteiger partial charge in [-0.15, -0.1) is 16.8 Å². The Morgan fingerprint density at radius 1 is 0.967 bits per heavy atom. The van der Waals surface area contributed by atoms with Crippen LogP contribution in [0.2, 0.25) is 0 Å². The first-order valence-electron chi connectivity index (χ1n) is 9.53. The van der Waals surface area contributed by atoms with E-state index >= 15 is 0 Å². The topological polar surface area (TPSA) is 60.7 Å². The summed E-state index contributed by atoms with van der Waals surface area (Å²) >= 11 is 1.40. The Morgan fingerprint density at radius 3 is 2.30 bits per heavy atom. The molecule has 0 N–H and O–H groups in total. The minimum atomic E-state index is -0.438. The average molecular weight is 413 g/mol. The first-order chi connectivity index (χ1) is 14.8. The second-order valence-corrected chi connectivity index (χ2v) is 7.65. The maximum Gasteiger partial charge on any atom is 0.192 e. The van der Waals surface area contributed by atoms with Gasteiger partial charge in [0.1, 0.15) is 5.25 Å². The van der Waals surface area contributed by atoms with E-state index in [1.165, 1.54) is 11.8 Å². The molecule has 148 valence electrons. The highest BCUT2D eigenvalue weighted by Crippen LogP contribution is 2.38. The molecule has 5 nitrogen and oxygen atoms in total. The Hall–Kier alpha value is -3.51. The Balaban J connectivity index is 1.74. The second-order valence-electron chi connectivity index (χ2n) is 6.58. The smallest absolute Gasteiger partial charge is 0.192 e. The van der Waals surface area contributed by atoms with Gasteiger partial charge in [0.05, 0.1) is 0 Å². The van der Waals surface area contributed by atoms with Crippen molar-refractivity contribution >= 4 is 17.5 Å². The van der Waals surface area contributed by atoms with Crippen LogP contribution in [0.25, 0.3) is 11.4 Å². The third-order valence-electron chi connectivity index (χ3n) is 4.59. The van der Waals surface area contributed by atoms with Crippen molar-refractivity contribution in [3.8, 4) is 11.4 Å². The minimum absolute atomic E-state index is 0.0328. The number of carbonyl (C=O) groups excluding carboxylic acids is 1. The van der Waals surface area contributed by atoms with Crippen LogP contribution < -0.4 is 0 Å². The second kappa shape index (κ2) is 9.33. The van der Waals surface area contributed by atoms with Crippen molar-refractivity contribution in [2.75, 3.05) is 0 Å². The molecule has 4 aromatic rings. The van der Waals surface area contributed by atoms with Gasteiger partial charge in [-0.3, -0.25) is 14.3 Å². The monoisotopic (exact) mass is 412 g/mol. The lowest BCUT2D eigenvalue weighted by molar-refractivity contribution is 0.0989. The molecule has 2 aromatic carbocycles. The fourth-order valence-electron chi connectivity index (χ4n) is 3.14. The van der Waals surface area contributed by atoms with E-state index in [4.69, 9.17) is 0 Å². The van der Waals surface area contributed by atoms with Crippen molar-refractivity contribution in [3.63, 3.8) is 0 Å². The number of nitrogens with zero attached hydrogens (tertiary/aromatic N) is 4. The number of thioether (sulfide) groups is 1. The third kappa shape index (κ3) is 4.23. The van der Waals surface area contributed by atoms with Gasteiger partial charge in [0.2, 0.25) is 0 Å². The highest BCUT2D eigenvalue weighted by Gasteiger charge is 2.26. The van der Waals surface area contributed by atoms with Crippen molar-refractivity contribution in [2.24, 2.45) is 0 Å². The highest BCUT2D eigenvalue weighted by atomic mass is 32.2. The fraction of sp³-hybridized carbons (Fsp3) is 0.0833. The maximum absolute atomic E-state index is 13.4. The normalized spacial score (nSPS) is 11.7. The number of rotatable bonds is 8. The molecule has 2 aromatic heterocycles. The van der Waals surface area contributed by atoms with E-state index in [9.17, 15) is 4.79 Å². The van der Waals surface area contributed by atoms with Gasteiger partial charge in [-0.05, 0) is 17.7 Å². The minimum Gasteiger partial charge on any atom is -0.298 e. The molecule has 0 fully saturated rings. The molecule has 0 spiro atoms. The third-order valence-corrected chi connectivity index (χ3v) is 5.82. The molecule has 4 rings (SSSR count). The summed E-state index contributed by atoms with van der Waals surface area (Å²) in [5, 5.41) is 9.03. The summed E-state index contributed by atoms with van der Waals surface area (Å²) in [7, 11) is 0. The molecule has 0 unspecified atom stereocenters. The molecule has 30 heavy (non-hydrogen) atoms. The molecule has 6 heteroatoms. The largest absolute Gasteiger partial charge is 0.298 e. The summed E-state index contributed by atoms with van der Waals surface area (Å²) in [4.78, 5) is 17.5. The number of aromatic nitrogens is 4. The summed E-state index contributed by atoms with van der Waals surface area (Å²) in [6.07, 6.45) is 5.25. The van der Waals surface area contributed by atoms with Gasteiger partial charge in [0, 0.05) is 30.1 Å². The number of Topliss-reactive ketones (excluding diaryl/α,β-unsaturated/α-hetero) is 1. The molecule has 0 aliphatic carbocycles. The van der Waals surface area contributed by atoms with Gasteiger partial charge in [0.25, 0.3) is 0 Å². The molecule has 1 atom stereocenters. The van der Waals surface area contributed by atoms with Crippen molar-refractivity contribution in [1.29, 1.82) is 0 Å². The highest BCUT2D eigenvalue weighted by molar-refractivity contribution is 8.00. The van der Waals surface area contributed by atoms with E-state index in [1.54, 1.807) is 18.5 Å². The summed E-state index contributed by atoms with van der Waals surface area (Å²) in [6, 6.07) is 22.9. The molecule has 0 aliphatic heterocycles. The van der Waals surface area contributed by atoms with E-state index in [1.807, 2.05) is 77.4 Å². The molecule has 2 heterocycles. The lowest BCUT2D eigenvalue weighted by Gasteiger charge is -2.16. The molecule has 0 saturated heterocycles. The first-order valence-corrected chi connectivity index (χ1v) is 10.4. The predicted molar refractivity (Wildman–Crippen MR) is 119 cm³/mol. The van der Waals surface area contributed by atoms with Crippen molar-refractivity contribution in [1.82, 2.24) is 19.7 Å².